The van der Waals surface area contributed by atoms with E-state index in [1.54, 1.807) is 13.2 Å². The highest BCUT2D eigenvalue weighted by Crippen LogP contribution is 2.40. The zero-order valence-electron chi connectivity index (χ0n) is 17.5. The van der Waals surface area contributed by atoms with Crippen LogP contribution in [0.5, 0.6) is 5.75 Å². The van der Waals surface area contributed by atoms with Crippen LogP contribution in [0.1, 0.15) is 22.8 Å². The Balaban J connectivity index is 1.80. The molecule has 0 spiro atoms. The molecule has 1 aliphatic rings. The molecule has 0 radical (unpaired) electrons. The number of fused-ring (bicyclic) bond motifs is 1. The van der Waals surface area contributed by atoms with E-state index in [1.165, 1.54) is 6.92 Å². The number of benzene rings is 2. The maximum absolute atomic E-state index is 12.7. The maximum Gasteiger partial charge on any atom is 0.254 e. The van der Waals surface area contributed by atoms with Crippen LogP contribution in [-0.2, 0) is 11.3 Å². The molecule has 158 valence electrons. The molecule has 4 rings (SSSR count). The first-order valence-corrected chi connectivity index (χ1v) is 10.1. The molecule has 31 heavy (non-hydrogen) atoms. The summed E-state index contributed by atoms with van der Waals surface area (Å²) in [5.74, 6) is 0.236. The van der Waals surface area contributed by atoms with Crippen molar-refractivity contribution in [1.29, 1.82) is 0 Å². The molecule has 0 saturated carbocycles. The molecule has 0 fully saturated rings. The van der Waals surface area contributed by atoms with Gasteiger partial charge in [-0.2, -0.15) is 0 Å². The van der Waals surface area contributed by atoms with Crippen LogP contribution in [0.3, 0.4) is 0 Å². The van der Waals surface area contributed by atoms with Gasteiger partial charge in [0.1, 0.15) is 6.61 Å². The van der Waals surface area contributed by atoms with Gasteiger partial charge in [0.15, 0.2) is 5.75 Å². The second kappa shape index (κ2) is 8.87. The van der Waals surface area contributed by atoms with Gasteiger partial charge in [-0.15, -0.1) is 0 Å². The van der Waals surface area contributed by atoms with Crippen molar-refractivity contribution in [2.24, 2.45) is 0 Å². The topological polar surface area (TPSA) is 83.6 Å². The first-order chi connectivity index (χ1) is 15.0. The fraction of sp³-hybridized carbons (Fsp3) is 0.208. The number of carbonyl (C=O) groups excluding carboxylic acids is 2. The molecule has 1 aromatic heterocycles. The lowest BCUT2D eigenvalue weighted by Crippen LogP contribution is -2.33. The van der Waals surface area contributed by atoms with Gasteiger partial charge in [-0.1, -0.05) is 18.2 Å². The van der Waals surface area contributed by atoms with Crippen LogP contribution < -0.4 is 20.3 Å². The molecule has 2 aromatic carbocycles. The van der Waals surface area contributed by atoms with E-state index in [0.29, 0.717) is 36.7 Å². The lowest BCUT2D eigenvalue weighted by molar-refractivity contribution is -0.114. The Morgan fingerprint density at radius 3 is 2.74 bits per heavy atom. The number of amides is 2. The van der Waals surface area contributed by atoms with Gasteiger partial charge >= 0.3 is 0 Å². The van der Waals surface area contributed by atoms with Gasteiger partial charge in [0.2, 0.25) is 5.91 Å². The summed E-state index contributed by atoms with van der Waals surface area (Å²) < 4.78 is 5.94. The Morgan fingerprint density at radius 1 is 1.13 bits per heavy atom. The SMILES string of the molecule is CNC(=O)c1cc(-c2cccc(NC(C)=O)c2)cc2c1OCCN2Cc1cccnc1. The molecule has 2 amide bonds. The van der Waals surface area contributed by atoms with E-state index in [1.807, 2.05) is 54.7 Å². The van der Waals surface area contributed by atoms with Crippen LogP contribution in [0.2, 0.25) is 0 Å². The normalized spacial score (nSPS) is 12.5. The predicted octanol–water partition coefficient (Wildman–Crippen LogP) is 3.47. The van der Waals surface area contributed by atoms with Crippen LogP contribution in [0, 0.1) is 0 Å². The van der Waals surface area contributed by atoms with Crippen molar-refractivity contribution in [3.05, 3.63) is 72.1 Å². The van der Waals surface area contributed by atoms with E-state index in [9.17, 15) is 9.59 Å². The number of nitrogens with one attached hydrogen (secondary N) is 2. The number of hydrogen-bond donors (Lipinski definition) is 2. The lowest BCUT2D eigenvalue weighted by Gasteiger charge is -2.33. The molecule has 0 unspecified atom stereocenters. The van der Waals surface area contributed by atoms with E-state index in [2.05, 4.69) is 20.5 Å². The van der Waals surface area contributed by atoms with Crippen LogP contribution in [0.15, 0.2) is 60.9 Å². The second-order valence-electron chi connectivity index (χ2n) is 7.34. The largest absolute Gasteiger partial charge is 0.489 e. The number of pyridine rings is 1. The molecule has 3 aromatic rings. The van der Waals surface area contributed by atoms with Gasteiger partial charge in [-0.25, -0.2) is 0 Å². The molecule has 1 aliphatic heterocycles. The Kier molecular flexibility index (Phi) is 5.84. The molecule has 0 atom stereocenters. The third kappa shape index (κ3) is 4.50. The molecule has 7 heteroatoms. The van der Waals surface area contributed by atoms with Gasteiger partial charge in [0, 0.05) is 38.6 Å². The molecular formula is C24H24N4O3. The maximum atomic E-state index is 12.7. The number of ether oxygens (including phenoxy) is 1. The Labute approximate surface area is 181 Å². The quantitative estimate of drug-likeness (QED) is 0.666. The third-order valence-corrected chi connectivity index (χ3v) is 5.10. The van der Waals surface area contributed by atoms with Crippen LogP contribution >= 0.6 is 0 Å². The minimum Gasteiger partial charge on any atom is -0.489 e. The smallest absolute Gasteiger partial charge is 0.254 e. The van der Waals surface area contributed by atoms with Crippen molar-refractivity contribution < 1.29 is 14.3 Å². The number of carbonyl (C=O) groups is 2. The standard InChI is InChI=1S/C24H24N4O3/c1-16(29)27-20-7-3-6-18(11-20)19-12-21(24(30)25-2)23-22(13-19)28(9-10-31-23)15-17-5-4-8-26-14-17/h3-8,11-14H,9-10,15H2,1-2H3,(H,25,30)(H,27,29). The summed E-state index contributed by atoms with van der Waals surface area (Å²) in [6.45, 7) is 3.33. The molecule has 0 bridgehead atoms. The van der Waals surface area contributed by atoms with Gasteiger partial charge in [-0.3, -0.25) is 14.6 Å². The Bertz CT molecular complexity index is 1120. The van der Waals surface area contributed by atoms with Gasteiger partial charge in [0.05, 0.1) is 17.8 Å². The van der Waals surface area contributed by atoms with E-state index >= 15 is 0 Å². The number of hydrogen-bond acceptors (Lipinski definition) is 5. The van der Waals surface area contributed by atoms with Gasteiger partial charge < -0.3 is 20.3 Å². The highest BCUT2D eigenvalue weighted by Gasteiger charge is 2.25. The molecule has 7 nitrogen and oxygen atoms in total. The van der Waals surface area contributed by atoms with E-state index in [0.717, 1.165) is 22.4 Å². The number of aromatic nitrogens is 1. The third-order valence-electron chi connectivity index (χ3n) is 5.10. The van der Waals surface area contributed by atoms with Gasteiger partial charge in [-0.05, 0) is 47.0 Å². The molecule has 2 heterocycles. The molecule has 2 N–H and O–H groups in total. The predicted molar refractivity (Wildman–Crippen MR) is 120 cm³/mol. The summed E-state index contributed by atoms with van der Waals surface area (Å²) in [7, 11) is 1.61. The average molecular weight is 416 g/mol. The van der Waals surface area contributed by atoms with Gasteiger partial charge in [0.25, 0.3) is 5.91 Å². The zero-order valence-corrected chi connectivity index (χ0v) is 17.5. The summed E-state index contributed by atoms with van der Waals surface area (Å²) >= 11 is 0. The monoisotopic (exact) mass is 416 g/mol. The summed E-state index contributed by atoms with van der Waals surface area (Å²) in [4.78, 5) is 30.5. The number of rotatable bonds is 5. The van der Waals surface area contributed by atoms with E-state index in [-0.39, 0.29) is 11.8 Å². The summed E-state index contributed by atoms with van der Waals surface area (Å²) in [5, 5.41) is 5.51. The molecular weight excluding hydrogens is 392 g/mol. The lowest BCUT2D eigenvalue weighted by atomic mass is 9.98. The summed E-state index contributed by atoms with van der Waals surface area (Å²) in [6.07, 6.45) is 3.59. The van der Waals surface area contributed by atoms with Crippen LogP contribution in [0.4, 0.5) is 11.4 Å². The number of nitrogens with zero attached hydrogens (tertiary/aromatic N) is 2. The van der Waals surface area contributed by atoms with Crippen LogP contribution in [-0.4, -0.2) is 37.0 Å². The van der Waals surface area contributed by atoms with Crippen molar-refractivity contribution in [2.75, 3.05) is 30.4 Å². The minimum atomic E-state index is -0.209. The second-order valence-corrected chi connectivity index (χ2v) is 7.34. The molecule has 0 aliphatic carbocycles. The summed E-state index contributed by atoms with van der Waals surface area (Å²) in [5.41, 5.74) is 4.88. The Morgan fingerprint density at radius 2 is 2.00 bits per heavy atom. The fourth-order valence-corrected chi connectivity index (χ4v) is 3.70. The highest BCUT2D eigenvalue weighted by molar-refractivity contribution is 6.01. The van der Waals surface area contributed by atoms with Crippen molar-refractivity contribution in [2.45, 2.75) is 13.5 Å². The van der Waals surface area contributed by atoms with E-state index < -0.39 is 0 Å². The van der Waals surface area contributed by atoms with Crippen molar-refractivity contribution in [3.63, 3.8) is 0 Å². The highest BCUT2D eigenvalue weighted by atomic mass is 16.5. The van der Waals surface area contributed by atoms with Crippen molar-refractivity contribution in [3.8, 4) is 16.9 Å². The minimum absolute atomic E-state index is 0.135. The summed E-state index contributed by atoms with van der Waals surface area (Å²) in [6, 6.07) is 15.4. The number of anilines is 2. The van der Waals surface area contributed by atoms with Crippen molar-refractivity contribution in [1.82, 2.24) is 10.3 Å². The average Bonchev–Trinajstić information content (AvgIpc) is 2.78. The Hall–Kier alpha value is -3.87. The van der Waals surface area contributed by atoms with E-state index in [4.69, 9.17) is 4.74 Å². The van der Waals surface area contributed by atoms with Crippen LogP contribution in [0.25, 0.3) is 11.1 Å². The van der Waals surface area contributed by atoms with Crippen molar-refractivity contribution >= 4 is 23.2 Å². The first kappa shape index (κ1) is 20.4. The fourth-order valence-electron chi connectivity index (χ4n) is 3.70. The zero-order chi connectivity index (χ0) is 21.8. The first-order valence-electron chi connectivity index (χ1n) is 10.1. The molecule has 0 saturated heterocycles.